The Bertz CT molecular complexity index is 473. The van der Waals surface area contributed by atoms with E-state index in [4.69, 9.17) is 4.74 Å². The van der Waals surface area contributed by atoms with E-state index in [-0.39, 0.29) is 0 Å². The van der Waals surface area contributed by atoms with Crippen molar-refractivity contribution in [3.05, 3.63) is 35.4 Å². The van der Waals surface area contributed by atoms with Crippen molar-refractivity contribution in [2.24, 2.45) is 4.99 Å². The van der Waals surface area contributed by atoms with Gasteiger partial charge in [-0.05, 0) is 31.9 Å². The number of nitrogens with zero attached hydrogens (tertiary/aromatic N) is 2. The lowest BCUT2D eigenvalue weighted by atomic mass is 10.0. The first-order chi connectivity index (χ1) is 11.6. The van der Waals surface area contributed by atoms with Gasteiger partial charge in [0.25, 0.3) is 0 Å². The molecule has 0 heterocycles. The SMILES string of the molecule is CN=C(NCCN(C)CCCOC)NCC(C)c1ccc(C)cc1. The predicted octanol–water partition coefficient (Wildman–Crippen LogP) is 2.23. The molecule has 0 aliphatic heterocycles. The summed E-state index contributed by atoms with van der Waals surface area (Å²) in [5.41, 5.74) is 2.65. The Hall–Kier alpha value is -1.59. The number of hydrogen-bond acceptors (Lipinski definition) is 3. The highest BCUT2D eigenvalue weighted by molar-refractivity contribution is 5.79. The molecule has 5 heteroatoms. The molecule has 0 aliphatic rings. The van der Waals surface area contributed by atoms with E-state index < -0.39 is 0 Å². The fourth-order valence-corrected chi connectivity index (χ4v) is 2.44. The number of guanidine groups is 1. The highest BCUT2D eigenvalue weighted by Gasteiger charge is 2.06. The van der Waals surface area contributed by atoms with Crippen LogP contribution >= 0.6 is 0 Å². The van der Waals surface area contributed by atoms with Gasteiger partial charge in [-0.15, -0.1) is 0 Å². The van der Waals surface area contributed by atoms with Crippen LogP contribution in [0.4, 0.5) is 0 Å². The van der Waals surface area contributed by atoms with Gasteiger partial charge >= 0.3 is 0 Å². The zero-order chi connectivity index (χ0) is 17.8. The molecule has 1 rings (SSSR count). The summed E-state index contributed by atoms with van der Waals surface area (Å²) in [4.78, 5) is 6.60. The van der Waals surface area contributed by atoms with E-state index in [2.05, 4.69) is 65.7 Å². The molecule has 0 amide bonds. The molecule has 1 atom stereocenters. The summed E-state index contributed by atoms with van der Waals surface area (Å²) in [5.74, 6) is 1.31. The van der Waals surface area contributed by atoms with Crippen LogP contribution in [-0.2, 0) is 4.74 Å². The molecule has 0 saturated carbocycles. The third-order valence-electron chi connectivity index (χ3n) is 4.12. The minimum atomic E-state index is 0.445. The van der Waals surface area contributed by atoms with Gasteiger partial charge in [0, 0.05) is 46.9 Å². The van der Waals surface area contributed by atoms with Crippen molar-refractivity contribution in [2.45, 2.75) is 26.2 Å². The molecule has 136 valence electrons. The summed E-state index contributed by atoms with van der Waals surface area (Å²) in [7, 11) is 5.69. The number of rotatable bonds is 10. The topological polar surface area (TPSA) is 48.9 Å². The summed E-state index contributed by atoms with van der Waals surface area (Å²) in [6.45, 7) is 8.94. The Labute approximate surface area is 147 Å². The molecule has 1 aromatic carbocycles. The summed E-state index contributed by atoms with van der Waals surface area (Å²) in [5, 5.41) is 6.78. The van der Waals surface area contributed by atoms with Gasteiger partial charge in [-0.25, -0.2) is 0 Å². The van der Waals surface area contributed by atoms with Crippen LogP contribution in [0.15, 0.2) is 29.3 Å². The van der Waals surface area contributed by atoms with E-state index in [1.54, 1.807) is 7.11 Å². The number of likely N-dealkylation sites (N-methyl/N-ethyl adjacent to an activating group) is 1. The molecule has 0 fully saturated rings. The van der Waals surface area contributed by atoms with Gasteiger partial charge in [0.1, 0.15) is 0 Å². The third kappa shape index (κ3) is 8.31. The first kappa shape index (κ1) is 20.5. The van der Waals surface area contributed by atoms with Gasteiger partial charge in [-0.3, -0.25) is 4.99 Å². The molecule has 0 radical (unpaired) electrons. The van der Waals surface area contributed by atoms with Crippen LogP contribution in [-0.4, -0.2) is 64.9 Å². The first-order valence-corrected chi connectivity index (χ1v) is 8.75. The number of nitrogens with one attached hydrogen (secondary N) is 2. The zero-order valence-corrected chi connectivity index (χ0v) is 15.9. The van der Waals surface area contributed by atoms with Crippen LogP contribution in [0.3, 0.4) is 0 Å². The Morgan fingerprint density at radius 2 is 1.92 bits per heavy atom. The standard InChI is InChI=1S/C19H34N4O/c1-16-7-9-18(10-8-16)17(2)15-22-19(20-3)21-11-13-23(4)12-6-14-24-5/h7-10,17H,6,11-15H2,1-5H3,(H2,20,21,22). The normalized spacial score (nSPS) is 13.2. The van der Waals surface area contributed by atoms with Crippen molar-refractivity contribution in [1.29, 1.82) is 0 Å². The van der Waals surface area contributed by atoms with Crippen LogP contribution in [0, 0.1) is 6.92 Å². The van der Waals surface area contributed by atoms with Crippen LogP contribution in [0.25, 0.3) is 0 Å². The number of aliphatic imine (C=N–C) groups is 1. The number of methoxy groups -OCH3 is 1. The second-order valence-corrected chi connectivity index (χ2v) is 6.34. The number of aryl methyl sites for hydroxylation is 1. The van der Waals surface area contributed by atoms with Crippen LogP contribution in [0.2, 0.25) is 0 Å². The smallest absolute Gasteiger partial charge is 0.191 e. The van der Waals surface area contributed by atoms with Gasteiger partial charge in [0.2, 0.25) is 0 Å². The van der Waals surface area contributed by atoms with Crippen molar-refractivity contribution in [3.63, 3.8) is 0 Å². The lowest BCUT2D eigenvalue weighted by Crippen LogP contribution is -2.42. The van der Waals surface area contributed by atoms with Crippen molar-refractivity contribution in [2.75, 3.05) is 54.0 Å². The summed E-state index contributed by atoms with van der Waals surface area (Å²) >= 11 is 0. The quantitative estimate of drug-likeness (QED) is 0.391. The average Bonchev–Trinajstić information content (AvgIpc) is 2.58. The van der Waals surface area contributed by atoms with E-state index in [0.717, 1.165) is 45.2 Å². The van der Waals surface area contributed by atoms with Gasteiger partial charge in [-0.2, -0.15) is 0 Å². The third-order valence-corrected chi connectivity index (χ3v) is 4.12. The molecule has 1 unspecified atom stereocenters. The monoisotopic (exact) mass is 334 g/mol. The lowest BCUT2D eigenvalue weighted by molar-refractivity contribution is 0.180. The predicted molar refractivity (Wildman–Crippen MR) is 103 cm³/mol. The van der Waals surface area contributed by atoms with Crippen LogP contribution in [0.5, 0.6) is 0 Å². The van der Waals surface area contributed by atoms with Crippen molar-refractivity contribution in [3.8, 4) is 0 Å². The molecule has 5 nitrogen and oxygen atoms in total. The molecular weight excluding hydrogens is 300 g/mol. The molecule has 0 aliphatic carbocycles. The Balaban J connectivity index is 2.26. The number of ether oxygens (including phenoxy) is 1. The minimum Gasteiger partial charge on any atom is -0.385 e. The average molecular weight is 335 g/mol. The maximum absolute atomic E-state index is 5.08. The Morgan fingerprint density at radius 3 is 2.54 bits per heavy atom. The number of hydrogen-bond donors (Lipinski definition) is 2. The van der Waals surface area contributed by atoms with Gasteiger partial charge in [0.05, 0.1) is 0 Å². The maximum Gasteiger partial charge on any atom is 0.191 e. The second-order valence-electron chi connectivity index (χ2n) is 6.34. The molecule has 2 N–H and O–H groups in total. The molecule has 0 spiro atoms. The van der Waals surface area contributed by atoms with Gasteiger partial charge in [0.15, 0.2) is 5.96 Å². The first-order valence-electron chi connectivity index (χ1n) is 8.75. The van der Waals surface area contributed by atoms with E-state index in [1.165, 1.54) is 11.1 Å². The summed E-state index contributed by atoms with van der Waals surface area (Å²) in [6.07, 6.45) is 1.06. The van der Waals surface area contributed by atoms with Crippen molar-refractivity contribution < 1.29 is 4.74 Å². The number of benzene rings is 1. The highest BCUT2D eigenvalue weighted by atomic mass is 16.5. The van der Waals surface area contributed by atoms with E-state index >= 15 is 0 Å². The van der Waals surface area contributed by atoms with Gasteiger partial charge < -0.3 is 20.3 Å². The van der Waals surface area contributed by atoms with Gasteiger partial charge in [-0.1, -0.05) is 36.8 Å². The molecule has 0 aromatic heterocycles. The lowest BCUT2D eigenvalue weighted by Gasteiger charge is -2.19. The molecule has 0 bridgehead atoms. The molecule has 1 aromatic rings. The van der Waals surface area contributed by atoms with Crippen LogP contribution < -0.4 is 10.6 Å². The van der Waals surface area contributed by atoms with E-state index in [0.29, 0.717) is 5.92 Å². The van der Waals surface area contributed by atoms with E-state index in [1.807, 2.05) is 7.05 Å². The minimum absolute atomic E-state index is 0.445. The second kappa shape index (κ2) is 11.9. The summed E-state index contributed by atoms with van der Waals surface area (Å²) < 4.78 is 5.08. The zero-order valence-electron chi connectivity index (χ0n) is 15.9. The Kier molecular flexibility index (Phi) is 10.1. The molecule has 24 heavy (non-hydrogen) atoms. The fraction of sp³-hybridized carbons (Fsp3) is 0.632. The molecular formula is C19H34N4O. The summed E-state index contributed by atoms with van der Waals surface area (Å²) in [6, 6.07) is 8.73. The largest absolute Gasteiger partial charge is 0.385 e. The molecule has 0 saturated heterocycles. The maximum atomic E-state index is 5.08. The Morgan fingerprint density at radius 1 is 1.21 bits per heavy atom. The van der Waals surface area contributed by atoms with Crippen molar-refractivity contribution >= 4 is 5.96 Å². The van der Waals surface area contributed by atoms with Crippen LogP contribution in [0.1, 0.15) is 30.4 Å². The highest BCUT2D eigenvalue weighted by Crippen LogP contribution is 2.14. The van der Waals surface area contributed by atoms with E-state index in [9.17, 15) is 0 Å². The van der Waals surface area contributed by atoms with Crippen molar-refractivity contribution in [1.82, 2.24) is 15.5 Å². The fourth-order valence-electron chi connectivity index (χ4n) is 2.44.